The minimum atomic E-state index is 0.0828. The first-order chi connectivity index (χ1) is 15.8. The van der Waals surface area contributed by atoms with Crippen molar-refractivity contribution >= 4 is 16.8 Å². The van der Waals surface area contributed by atoms with Crippen molar-refractivity contribution in [3.63, 3.8) is 0 Å². The number of piperidine rings is 1. The quantitative estimate of drug-likeness (QED) is 0.455. The molecule has 0 aliphatic carbocycles. The van der Waals surface area contributed by atoms with Gasteiger partial charge in [0.2, 0.25) is 0 Å². The van der Waals surface area contributed by atoms with Gasteiger partial charge in [-0.1, -0.05) is 35.5 Å². The van der Waals surface area contributed by atoms with Crippen LogP contribution in [-0.4, -0.2) is 39.1 Å². The summed E-state index contributed by atoms with van der Waals surface area (Å²) in [5.41, 5.74) is 2.39. The highest BCUT2D eigenvalue weighted by Crippen LogP contribution is 2.39. The van der Waals surface area contributed by atoms with Crippen LogP contribution in [-0.2, 0) is 0 Å². The van der Waals surface area contributed by atoms with E-state index in [-0.39, 0.29) is 24.1 Å². The number of rotatable bonds is 4. The van der Waals surface area contributed by atoms with Gasteiger partial charge in [0.05, 0.1) is 11.6 Å². The van der Waals surface area contributed by atoms with Crippen LogP contribution in [0.15, 0.2) is 77.6 Å². The molecule has 0 saturated carbocycles. The van der Waals surface area contributed by atoms with Crippen molar-refractivity contribution in [3.8, 4) is 17.1 Å². The van der Waals surface area contributed by atoms with Gasteiger partial charge in [-0.25, -0.2) is 0 Å². The van der Waals surface area contributed by atoms with E-state index < -0.39 is 0 Å². The van der Waals surface area contributed by atoms with Crippen molar-refractivity contribution in [3.05, 3.63) is 78.6 Å². The van der Waals surface area contributed by atoms with E-state index in [1.54, 1.807) is 12.4 Å². The summed E-state index contributed by atoms with van der Waals surface area (Å²) in [7, 11) is 0. The Morgan fingerprint density at radius 2 is 1.81 bits per heavy atom. The lowest BCUT2D eigenvalue weighted by atomic mass is 9.97. The third-order valence-electron chi connectivity index (χ3n) is 6.62. The Balaban J connectivity index is 1.25. The highest BCUT2D eigenvalue weighted by Gasteiger charge is 2.44. The molecule has 2 bridgehead atoms. The Bertz CT molecular complexity index is 1240. The van der Waals surface area contributed by atoms with Gasteiger partial charge in [-0.05, 0) is 43.2 Å². The normalized spacial score (nSPS) is 22.2. The molecule has 0 N–H and O–H groups in total. The molecule has 6 nitrogen and oxygen atoms in total. The van der Waals surface area contributed by atoms with Crippen molar-refractivity contribution in [1.29, 1.82) is 0 Å². The zero-order valence-corrected chi connectivity index (χ0v) is 17.6. The van der Waals surface area contributed by atoms with Gasteiger partial charge >= 0.3 is 0 Å². The summed E-state index contributed by atoms with van der Waals surface area (Å²) in [6, 6.07) is 19.8. The number of aromatic nitrogens is 2. The molecule has 4 heterocycles. The zero-order chi connectivity index (χ0) is 21.5. The second-order valence-corrected chi connectivity index (χ2v) is 8.61. The highest BCUT2D eigenvalue weighted by atomic mass is 16.5. The van der Waals surface area contributed by atoms with E-state index in [0.29, 0.717) is 11.3 Å². The van der Waals surface area contributed by atoms with Crippen molar-refractivity contribution in [2.45, 2.75) is 43.9 Å². The van der Waals surface area contributed by atoms with Crippen molar-refractivity contribution in [1.82, 2.24) is 15.0 Å². The first-order valence-corrected chi connectivity index (χ1v) is 11.1. The number of nitrogens with zero attached hydrogens (tertiary/aromatic N) is 3. The Morgan fingerprint density at radius 1 is 1.00 bits per heavy atom. The molecule has 0 radical (unpaired) electrons. The monoisotopic (exact) mass is 425 g/mol. The van der Waals surface area contributed by atoms with Gasteiger partial charge in [0.1, 0.15) is 17.4 Å². The number of carbonyl (C=O) groups excluding carboxylic acids is 1. The van der Waals surface area contributed by atoms with Crippen LogP contribution in [0.5, 0.6) is 5.75 Å². The van der Waals surface area contributed by atoms with Crippen LogP contribution in [0, 0.1) is 0 Å². The molecule has 0 spiro atoms. The summed E-state index contributed by atoms with van der Waals surface area (Å²) in [6.07, 6.45) is 7.35. The third-order valence-corrected chi connectivity index (χ3v) is 6.62. The van der Waals surface area contributed by atoms with Crippen LogP contribution in [0.3, 0.4) is 0 Å². The van der Waals surface area contributed by atoms with Crippen LogP contribution >= 0.6 is 0 Å². The molecule has 2 saturated heterocycles. The third kappa shape index (κ3) is 3.32. The van der Waals surface area contributed by atoms with Crippen molar-refractivity contribution < 1.29 is 14.1 Å². The molecule has 6 heteroatoms. The number of pyridine rings is 1. The predicted molar refractivity (Wildman–Crippen MR) is 120 cm³/mol. The molecule has 1 amide bonds. The second-order valence-electron chi connectivity index (χ2n) is 8.61. The van der Waals surface area contributed by atoms with Crippen molar-refractivity contribution in [2.75, 3.05) is 0 Å². The van der Waals surface area contributed by atoms with Gasteiger partial charge in [-0.15, -0.1) is 0 Å². The molecule has 2 atom stereocenters. The lowest BCUT2D eigenvalue weighted by Crippen LogP contribution is -2.49. The van der Waals surface area contributed by atoms with E-state index in [0.717, 1.165) is 47.9 Å². The van der Waals surface area contributed by atoms with Crippen LogP contribution in [0.1, 0.15) is 36.0 Å². The van der Waals surface area contributed by atoms with Gasteiger partial charge in [0, 0.05) is 42.2 Å². The average Bonchev–Trinajstić information content (AvgIpc) is 3.38. The molecule has 32 heavy (non-hydrogen) atoms. The van der Waals surface area contributed by atoms with Gasteiger partial charge in [-0.3, -0.25) is 9.78 Å². The molecule has 2 aliphatic rings. The molecular weight excluding hydrogens is 402 g/mol. The fourth-order valence-corrected chi connectivity index (χ4v) is 5.19. The topological polar surface area (TPSA) is 68.5 Å². The minimum absolute atomic E-state index is 0.0828. The van der Waals surface area contributed by atoms with E-state index in [1.807, 2.05) is 60.7 Å². The van der Waals surface area contributed by atoms with Crippen LogP contribution in [0.25, 0.3) is 22.2 Å². The zero-order valence-electron chi connectivity index (χ0n) is 17.6. The Labute approximate surface area is 185 Å². The molecule has 6 rings (SSSR count). The number of carbonyl (C=O) groups is 1. The molecular formula is C26H23N3O3. The van der Waals surface area contributed by atoms with Crippen LogP contribution in [0.4, 0.5) is 0 Å². The van der Waals surface area contributed by atoms with Gasteiger partial charge in [0.25, 0.3) is 5.91 Å². The van der Waals surface area contributed by atoms with Gasteiger partial charge in [-0.2, -0.15) is 0 Å². The maximum absolute atomic E-state index is 13.6. The summed E-state index contributed by atoms with van der Waals surface area (Å²) in [6.45, 7) is 0. The van der Waals surface area contributed by atoms with Crippen LogP contribution < -0.4 is 4.74 Å². The molecule has 2 unspecified atom stereocenters. The lowest BCUT2D eigenvalue weighted by Gasteiger charge is -2.39. The Hall–Kier alpha value is -3.67. The number of benzene rings is 2. The molecule has 2 fully saturated rings. The standard InChI is InChI=1S/C26H23N3O3/c30-26(18-8-11-24-23(13-18)25(32-28-24)17-5-2-1-3-6-17)29-19-9-10-20(29)15-22(14-19)31-21-7-4-12-27-16-21/h1-8,11-13,16,19-20,22H,9-10,14-15H2. The van der Waals surface area contributed by atoms with E-state index >= 15 is 0 Å². The Kier molecular flexibility index (Phi) is 4.63. The van der Waals surface area contributed by atoms with Gasteiger partial charge < -0.3 is 14.2 Å². The molecule has 2 aliphatic heterocycles. The SMILES string of the molecule is O=C(c1ccc2noc(-c3ccccc3)c2c1)N1C2CCC1CC(Oc1cccnc1)C2. The van der Waals surface area contributed by atoms with E-state index in [2.05, 4.69) is 15.0 Å². The van der Waals surface area contributed by atoms with Crippen molar-refractivity contribution in [2.24, 2.45) is 0 Å². The average molecular weight is 425 g/mol. The maximum atomic E-state index is 13.6. The first kappa shape index (κ1) is 19.0. The number of ether oxygens (including phenoxy) is 1. The Morgan fingerprint density at radius 3 is 2.56 bits per heavy atom. The lowest BCUT2D eigenvalue weighted by molar-refractivity contribution is 0.0358. The molecule has 2 aromatic carbocycles. The smallest absolute Gasteiger partial charge is 0.254 e. The first-order valence-electron chi connectivity index (χ1n) is 11.1. The summed E-state index contributed by atoms with van der Waals surface area (Å²) < 4.78 is 11.8. The molecule has 4 aromatic rings. The maximum Gasteiger partial charge on any atom is 0.254 e. The summed E-state index contributed by atoms with van der Waals surface area (Å²) >= 11 is 0. The fourth-order valence-electron chi connectivity index (χ4n) is 5.19. The molecule has 2 aromatic heterocycles. The number of fused-ring (bicyclic) bond motifs is 3. The summed E-state index contributed by atoms with van der Waals surface area (Å²) in [5, 5.41) is 5.04. The van der Waals surface area contributed by atoms with Gasteiger partial charge in [0.15, 0.2) is 5.76 Å². The van der Waals surface area contributed by atoms with E-state index in [9.17, 15) is 4.79 Å². The van der Waals surface area contributed by atoms with Crippen LogP contribution in [0.2, 0.25) is 0 Å². The summed E-state index contributed by atoms with van der Waals surface area (Å²) in [4.78, 5) is 19.8. The number of hydrogen-bond donors (Lipinski definition) is 0. The van der Waals surface area contributed by atoms with E-state index in [4.69, 9.17) is 9.26 Å². The van der Waals surface area contributed by atoms with E-state index in [1.165, 1.54) is 0 Å². The fraction of sp³-hybridized carbons (Fsp3) is 0.269. The second kappa shape index (κ2) is 7.79. The predicted octanol–water partition coefficient (Wildman–Crippen LogP) is 5.10. The highest BCUT2D eigenvalue weighted by molar-refractivity contribution is 6.01. The number of hydrogen-bond acceptors (Lipinski definition) is 5. The largest absolute Gasteiger partial charge is 0.489 e. The minimum Gasteiger partial charge on any atom is -0.489 e. The number of amides is 1. The summed E-state index contributed by atoms with van der Waals surface area (Å²) in [5.74, 6) is 1.57. The molecule has 160 valence electrons.